The van der Waals surface area contributed by atoms with Crippen molar-refractivity contribution >= 4 is 34.8 Å². The van der Waals surface area contributed by atoms with Gasteiger partial charge in [-0.05, 0) is 31.5 Å². The second-order valence-electron chi connectivity index (χ2n) is 4.35. The molecule has 0 saturated heterocycles. The molecule has 1 heterocycles. The molecule has 20 heavy (non-hydrogen) atoms. The molecule has 0 bridgehead atoms. The van der Waals surface area contributed by atoms with Crippen LogP contribution in [0.2, 0.25) is 10.0 Å². The van der Waals surface area contributed by atoms with Crippen molar-refractivity contribution in [2.75, 3.05) is 17.2 Å². The lowest BCUT2D eigenvalue weighted by Crippen LogP contribution is -2.10. The summed E-state index contributed by atoms with van der Waals surface area (Å²) in [5.41, 5.74) is 0.965. The molecule has 0 amide bonds. The highest BCUT2D eigenvalue weighted by molar-refractivity contribution is 6.35. The van der Waals surface area contributed by atoms with E-state index in [2.05, 4.69) is 20.6 Å². The minimum absolute atomic E-state index is 0.00550. The Morgan fingerprint density at radius 1 is 1.20 bits per heavy atom. The molecule has 1 aromatic heterocycles. The quantitative estimate of drug-likeness (QED) is 0.860. The second-order valence-corrected chi connectivity index (χ2v) is 5.20. The van der Waals surface area contributed by atoms with Gasteiger partial charge in [0, 0.05) is 16.6 Å². The number of benzene rings is 1. The van der Waals surface area contributed by atoms with Crippen LogP contribution in [0, 0.1) is 0 Å². The standard InChI is InChI=1S/C14H16Cl2N4/c1-3-18-13-7-17-8-14(20-13)19-9(2)11-5-4-10(15)6-12(11)16/h4-9H,3H2,1-2H3,(H2,18,19,20). The molecule has 0 aliphatic rings. The lowest BCUT2D eigenvalue weighted by Gasteiger charge is -2.16. The minimum atomic E-state index is 0.00550. The molecule has 1 aromatic carbocycles. The van der Waals surface area contributed by atoms with Crippen LogP contribution < -0.4 is 10.6 Å². The van der Waals surface area contributed by atoms with Crippen LogP contribution in [0.25, 0.3) is 0 Å². The zero-order valence-electron chi connectivity index (χ0n) is 11.3. The van der Waals surface area contributed by atoms with Crippen LogP contribution >= 0.6 is 23.2 Å². The summed E-state index contributed by atoms with van der Waals surface area (Å²) in [4.78, 5) is 8.57. The number of nitrogens with zero attached hydrogens (tertiary/aromatic N) is 2. The number of anilines is 2. The summed E-state index contributed by atoms with van der Waals surface area (Å²) in [5, 5.41) is 7.66. The maximum Gasteiger partial charge on any atom is 0.147 e. The van der Waals surface area contributed by atoms with E-state index in [1.54, 1.807) is 18.5 Å². The molecule has 1 unspecified atom stereocenters. The third kappa shape index (κ3) is 3.74. The van der Waals surface area contributed by atoms with Gasteiger partial charge in [-0.3, -0.25) is 4.98 Å². The predicted octanol–water partition coefficient (Wildman–Crippen LogP) is 4.39. The first kappa shape index (κ1) is 14.9. The highest BCUT2D eigenvalue weighted by atomic mass is 35.5. The van der Waals surface area contributed by atoms with Crippen LogP contribution in [0.15, 0.2) is 30.6 Å². The molecule has 0 saturated carbocycles. The molecule has 2 N–H and O–H groups in total. The van der Waals surface area contributed by atoms with E-state index in [1.807, 2.05) is 26.0 Å². The maximum atomic E-state index is 6.20. The van der Waals surface area contributed by atoms with E-state index in [0.29, 0.717) is 15.9 Å². The first-order valence-corrected chi connectivity index (χ1v) is 7.13. The van der Waals surface area contributed by atoms with Gasteiger partial charge in [0.15, 0.2) is 0 Å². The van der Waals surface area contributed by atoms with Crippen molar-refractivity contribution in [1.29, 1.82) is 0 Å². The van der Waals surface area contributed by atoms with E-state index >= 15 is 0 Å². The van der Waals surface area contributed by atoms with Gasteiger partial charge in [0.2, 0.25) is 0 Å². The number of aromatic nitrogens is 2. The molecule has 0 fully saturated rings. The summed E-state index contributed by atoms with van der Waals surface area (Å²) in [6.07, 6.45) is 3.37. The minimum Gasteiger partial charge on any atom is -0.369 e. The Hall–Kier alpha value is -1.52. The first-order chi connectivity index (χ1) is 9.60. The van der Waals surface area contributed by atoms with Crippen LogP contribution in [-0.2, 0) is 0 Å². The number of nitrogens with one attached hydrogen (secondary N) is 2. The van der Waals surface area contributed by atoms with E-state index in [1.165, 1.54) is 0 Å². The summed E-state index contributed by atoms with van der Waals surface area (Å²) in [7, 11) is 0. The van der Waals surface area contributed by atoms with Crippen molar-refractivity contribution < 1.29 is 0 Å². The fraction of sp³-hybridized carbons (Fsp3) is 0.286. The third-order valence-corrected chi connectivity index (χ3v) is 3.35. The molecule has 0 aliphatic heterocycles. The van der Waals surface area contributed by atoms with Gasteiger partial charge in [-0.2, -0.15) is 0 Å². The Bertz CT molecular complexity index is 589. The molecule has 2 rings (SSSR count). The Morgan fingerprint density at radius 2 is 1.95 bits per heavy atom. The average Bonchev–Trinajstić information content (AvgIpc) is 2.39. The van der Waals surface area contributed by atoms with E-state index in [-0.39, 0.29) is 6.04 Å². The Morgan fingerprint density at radius 3 is 2.65 bits per heavy atom. The zero-order chi connectivity index (χ0) is 14.5. The van der Waals surface area contributed by atoms with Gasteiger partial charge in [-0.25, -0.2) is 4.98 Å². The van der Waals surface area contributed by atoms with Gasteiger partial charge in [0.1, 0.15) is 11.6 Å². The van der Waals surface area contributed by atoms with Crippen LogP contribution in [0.4, 0.5) is 11.6 Å². The van der Waals surface area contributed by atoms with Crippen molar-refractivity contribution in [3.05, 3.63) is 46.2 Å². The molecule has 2 aromatic rings. The van der Waals surface area contributed by atoms with Gasteiger partial charge >= 0.3 is 0 Å². The fourth-order valence-electron chi connectivity index (χ4n) is 1.85. The predicted molar refractivity (Wildman–Crippen MR) is 84.7 cm³/mol. The topological polar surface area (TPSA) is 49.8 Å². The van der Waals surface area contributed by atoms with E-state index in [4.69, 9.17) is 23.2 Å². The van der Waals surface area contributed by atoms with Gasteiger partial charge in [-0.1, -0.05) is 29.3 Å². The number of hydrogen-bond acceptors (Lipinski definition) is 4. The third-order valence-electron chi connectivity index (χ3n) is 2.79. The largest absolute Gasteiger partial charge is 0.369 e. The van der Waals surface area contributed by atoms with Crippen molar-refractivity contribution in [2.45, 2.75) is 19.9 Å². The smallest absolute Gasteiger partial charge is 0.147 e. The second kappa shape index (κ2) is 6.77. The number of rotatable bonds is 5. The van der Waals surface area contributed by atoms with Gasteiger partial charge < -0.3 is 10.6 Å². The molecule has 4 nitrogen and oxygen atoms in total. The van der Waals surface area contributed by atoms with Crippen LogP contribution in [-0.4, -0.2) is 16.5 Å². The summed E-state index contributed by atoms with van der Waals surface area (Å²) in [5.74, 6) is 1.44. The van der Waals surface area contributed by atoms with E-state index < -0.39 is 0 Å². The summed E-state index contributed by atoms with van der Waals surface area (Å²) >= 11 is 12.1. The summed E-state index contributed by atoms with van der Waals surface area (Å²) in [6, 6.07) is 5.47. The molecular weight excluding hydrogens is 295 g/mol. The van der Waals surface area contributed by atoms with Crippen molar-refractivity contribution in [1.82, 2.24) is 9.97 Å². The van der Waals surface area contributed by atoms with E-state index in [0.717, 1.165) is 17.9 Å². The van der Waals surface area contributed by atoms with Crippen LogP contribution in [0.5, 0.6) is 0 Å². The Balaban J connectivity index is 2.14. The van der Waals surface area contributed by atoms with Crippen molar-refractivity contribution in [3.8, 4) is 0 Å². The lowest BCUT2D eigenvalue weighted by molar-refractivity contribution is 0.871. The lowest BCUT2D eigenvalue weighted by atomic mass is 10.1. The average molecular weight is 311 g/mol. The summed E-state index contributed by atoms with van der Waals surface area (Å²) < 4.78 is 0. The maximum absolute atomic E-state index is 6.20. The monoisotopic (exact) mass is 310 g/mol. The van der Waals surface area contributed by atoms with Gasteiger partial charge in [-0.15, -0.1) is 0 Å². The highest BCUT2D eigenvalue weighted by Gasteiger charge is 2.11. The molecule has 106 valence electrons. The van der Waals surface area contributed by atoms with Crippen LogP contribution in [0.3, 0.4) is 0 Å². The first-order valence-electron chi connectivity index (χ1n) is 6.37. The molecule has 0 radical (unpaired) electrons. The van der Waals surface area contributed by atoms with E-state index in [9.17, 15) is 0 Å². The Labute approximate surface area is 128 Å². The summed E-state index contributed by atoms with van der Waals surface area (Å²) in [6.45, 7) is 4.82. The fourth-order valence-corrected chi connectivity index (χ4v) is 2.43. The molecule has 0 aliphatic carbocycles. The molecular formula is C14H16Cl2N4. The molecule has 6 heteroatoms. The SMILES string of the molecule is CCNc1cncc(NC(C)c2ccc(Cl)cc2Cl)n1. The highest BCUT2D eigenvalue weighted by Crippen LogP contribution is 2.28. The number of halogens is 2. The molecule has 0 spiro atoms. The van der Waals surface area contributed by atoms with Crippen molar-refractivity contribution in [3.63, 3.8) is 0 Å². The number of hydrogen-bond donors (Lipinski definition) is 2. The van der Waals surface area contributed by atoms with Gasteiger partial charge in [0.05, 0.1) is 18.4 Å². The Kier molecular flexibility index (Phi) is 5.04. The van der Waals surface area contributed by atoms with Crippen LogP contribution in [0.1, 0.15) is 25.5 Å². The van der Waals surface area contributed by atoms with Crippen molar-refractivity contribution in [2.24, 2.45) is 0 Å². The zero-order valence-corrected chi connectivity index (χ0v) is 12.8. The molecule has 1 atom stereocenters. The van der Waals surface area contributed by atoms with Gasteiger partial charge in [0.25, 0.3) is 0 Å². The normalized spacial score (nSPS) is 12.0.